The highest BCUT2D eigenvalue weighted by atomic mass is 35.5. The minimum atomic E-state index is -0.945. The summed E-state index contributed by atoms with van der Waals surface area (Å²) in [4.78, 5) is 24.8. The Labute approximate surface area is 227 Å². The molecule has 0 saturated carbocycles. The molecule has 1 amide bonds. The molecule has 1 aliphatic rings. The van der Waals surface area contributed by atoms with Gasteiger partial charge in [0.2, 0.25) is 5.91 Å². The second-order valence-corrected chi connectivity index (χ2v) is 13.6. The topological polar surface area (TPSA) is 80.6 Å². The van der Waals surface area contributed by atoms with Crippen LogP contribution in [0.4, 0.5) is 0 Å². The number of aromatic nitrogens is 1. The van der Waals surface area contributed by atoms with Gasteiger partial charge >= 0.3 is 5.97 Å². The third kappa shape index (κ3) is 6.63. The first kappa shape index (κ1) is 27.4. The molecular weight excluding hydrogens is 508 g/mol. The van der Waals surface area contributed by atoms with E-state index in [-0.39, 0.29) is 16.7 Å². The predicted molar refractivity (Wildman–Crippen MR) is 150 cm³/mol. The van der Waals surface area contributed by atoms with Crippen LogP contribution < -0.4 is 10.1 Å². The highest BCUT2D eigenvalue weighted by Gasteiger charge is 2.33. The fourth-order valence-corrected chi connectivity index (χ4v) is 5.80. The minimum Gasteiger partial charge on any atom is -0.491 e. The van der Waals surface area contributed by atoms with E-state index in [9.17, 15) is 14.7 Å². The highest BCUT2D eigenvalue weighted by Crippen LogP contribution is 2.44. The van der Waals surface area contributed by atoms with E-state index in [1.807, 2.05) is 30.3 Å². The van der Waals surface area contributed by atoms with Crippen LogP contribution in [0, 0.1) is 5.41 Å². The molecule has 0 unspecified atom stereocenters. The summed E-state index contributed by atoms with van der Waals surface area (Å²) >= 11 is 7.88. The van der Waals surface area contributed by atoms with E-state index in [2.05, 4.69) is 42.8 Å². The van der Waals surface area contributed by atoms with E-state index in [0.717, 1.165) is 39.2 Å². The Kier molecular flexibility index (Phi) is 7.86. The Morgan fingerprint density at radius 3 is 2.46 bits per heavy atom. The van der Waals surface area contributed by atoms with Crippen molar-refractivity contribution in [2.24, 2.45) is 5.41 Å². The molecule has 2 heterocycles. The number of hydrogen-bond acceptors (Lipinski definition) is 4. The van der Waals surface area contributed by atoms with Crippen LogP contribution in [0.5, 0.6) is 5.75 Å². The summed E-state index contributed by atoms with van der Waals surface area (Å²) in [6.45, 7) is 11.0. The number of fused-ring (bicyclic) bond motifs is 1. The maximum absolute atomic E-state index is 12.2. The van der Waals surface area contributed by atoms with Crippen molar-refractivity contribution in [1.82, 2.24) is 9.88 Å². The number of rotatable bonds is 9. The number of thioether (sulfide) groups is 1. The van der Waals surface area contributed by atoms with Gasteiger partial charge in [-0.1, -0.05) is 44.5 Å². The monoisotopic (exact) mass is 542 g/mol. The van der Waals surface area contributed by atoms with Crippen molar-refractivity contribution >= 4 is 46.1 Å². The molecule has 1 atom stereocenters. The lowest BCUT2D eigenvalue weighted by Crippen LogP contribution is -2.30. The van der Waals surface area contributed by atoms with Gasteiger partial charge in [0.05, 0.1) is 11.5 Å². The van der Waals surface area contributed by atoms with Gasteiger partial charge in [0.25, 0.3) is 0 Å². The molecule has 0 radical (unpaired) electrons. The number of hydrogen-bond donors (Lipinski definition) is 2. The summed E-state index contributed by atoms with van der Waals surface area (Å²) in [6, 6.07) is 13.8. The maximum Gasteiger partial charge on any atom is 0.309 e. The number of benzene rings is 2. The lowest BCUT2D eigenvalue weighted by atomic mass is 9.88. The van der Waals surface area contributed by atoms with E-state index in [4.69, 9.17) is 16.3 Å². The molecule has 3 aromatic rings. The van der Waals surface area contributed by atoms with Crippen LogP contribution in [0.2, 0.25) is 5.02 Å². The van der Waals surface area contributed by atoms with Gasteiger partial charge in [-0.25, -0.2) is 0 Å². The molecule has 6 nitrogen and oxygen atoms in total. The molecule has 198 valence electrons. The second kappa shape index (κ2) is 10.6. The highest BCUT2D eigenvalue weighted by molar-refractivity contribution is 8.00. The van der Waals surface area contributed by atoms with Crippen LogP contribution in [0.25, 0.3) is 10.9 Å². The number of carboxylic acids is 1. The number of nitrogens with zero attached hydrogens (tertiary/aromatic N) is 1. The van der Waals surface area contributed by atoms with Gasteiger partial charge in [-0.15, -0.1) is 11.8 Å². The number of aliphatic carboxylic acids is 1. The molecule has 4 rings (SSSR count). The Balaban J connectivity index is 1.82. The minimum absolute atomic E-state index is 0.0213. The standard InChI is InChI=1S/C29H35ClN2O4S/c1-28(2,3)37-26-22-14-21(36-17-20-10-13-25(33)31-20)11-12-23(22)32(16-18-6-8-19(30)9-7-18)24(26)15-29(4,5)27(34)35/h6-9,11-12,14,20H,10,13,15-17H2,1-5H3,(H,31,33)(H,34,35)/t20-/m0/s1. The van der Waals surface area contributed by atoms with Crippen molar-refractivity contribution < 1.29 is 19.4 Å². The number of halogens is 1. The Hall–Kier alpha value is -2.64. The predicted octanol–water partition coefficient (Wildman–Crippen LogP) is 6.54. The van der Waals surface area contributed by atoms with Gasteiger partial charge in [-0.05, 0) is 56.2 Å². The summed E-state index contributed by atoms with van der Waals surface area (Å²) in [5, 5.41) is 14.6. The smallest absolute Gasteiger partial charge is 0.309 e. The van der Waals surface area contributed by atoms with E-state index < -0.39 is 11.4 Å². The molecule has 1 saturated heterocycles. The molecule has 0 spiro atoms. The molecule has 1 fully saturated rings. The van der Waals surface area contributed by atoms with Gasteiger partial charge in [0, 0.05) is 50.6 Å². The Bertz CT molecular complexity index is 1310. The van der Waals surface area contributed by atoms with Crippen molar-refractivity contribution in [3.63, 3.8) is 0 Å². The van der Waals surface area contributed by atoms with Crippen molar-refractivity contribution in [2.45, 2.75) is 76.1 Å². The number of nitrogens with one attached hydrogen (secondary N) is 1. The molecule has 2 aromatic carbocycles. The largest absolute Gasteiger partial charge is 0.491 e. The molecule has 2 N–H and O–H groups in total. The van der Waals surface area contributed by atoms with Crippen molar-refractivity contribution in [3.05, 3.63) is 58.7 Å². The van der Waals surface area contributed by atoms with Crippen LogP contribution in [0.3, 0.4) is 0 Å². The first-order valence-electron chi connectivity index (χ1n) is 12.6. The van der Waals surface area contributed by atoms with Gasteiger partial charge in [-0.3, -0.25) is 9.59 Å². The van der Waals surface area contributed by atoms with Crippen molar-refractivity contribution in [1.29, 1.82) is 0 Å². The van der Waals surface area contributed by atoms with Crippen LogP contribution in [0.15, 0.2) is 47.4 Å². The summed E-state index contributed by atoms with van der Waals surface area (Å²) in [5.74, 6) is -0.0277. The average Bonchev–Trinajstić information content (AvgIpc) is 3.34. The van der Waals surface area contributed by atoms with Crippen LogP contribution in [-0.4, -0.2) is 38.9 Å². The van der Waals surface area contributed by atoms with E-state index in [1.54, 1.807) is 25.6 Å². The number of amides is 1. The maximum atomic E-state index is 12.2. The normalized spacial score (nSPS) is 16.3. The quantitative estimate of drug-likeness (QED) is 0.300. The molecule has 0 bridgehead atoms. The molecule has 8 heteroatoms. The Morgan fingerprint density at radius 1 is 1.16 bits per heavy atom. The zero-order valence-corrected chi connectivity index (χ0v) is 23.6. The summed E-state index contributed by atoms with van der Waals surface area (Å²) < 4.78 is 8.25. The number of carbonyl (C=O) groups excluding carboxylic acids is 1. The number of ether oxygens (including phenoxy) is 1. The molecule has 0 aliphatic carbocycles. The lowest BCUT2D eigenvalue weighted by Gasteiger charge is -2.24. The van der Waals surface area contributed by atoms with E-state index >= 15 is 0 Å². The molecule has 1 aliphatic heterocycles. The van der Waals surface area contributed by atoms with Crippen LogP contribution >= 0.6 is 23.4 Å². The fraction of sp³-hybridized carbons (Fsp3) is 0.448. The SMILES string of the molecule is CC(C)(C)Sc1c(CC(C)(C)C(=O)O)n(Cc2ccc(Cl)cc2)c2ccc(OC[C@@H]3CCC(=O)N3)cc12. The van der Waals surface area contributed by atoms with E-state index in [1.165, 1.54) is 0 Å². The summed E-state index contributed by atoms with van der Waals surface area (Å²) in [7, 11) is 0. The molecular formula is C29H35ClN2O4S. The van der Waals surface area contributed by atoms with Gasteiger partial charge < -0.3 is 19.7 Å². The zero-order chi connectivity index (χ0) is 27.0. The van der Waals surface area contributed by atoms with Gasteiger partial charge in [0.1, 0.15) is 12.4 Å². The van der Waals surface area contributed by atoms with Crippen LogP contribution in [0.1, 0.15) is 58.7 Å². The zero-order valence-electron chi connectivity index (χ0n) is 22.1. The summed E-state index contributed by atoms with van der Waals surface area (Å²) in [6.07, 6.45) is 1.70. The third-order valence-corrected chi connectivity index (χ3v) is 8.00. The van der Waals surface area contributed by atoms with Crippen LogP contribution in [-0.2, 0) is 22.6 Å². The van der Waals surface area contributed by atoms with E-state index in [0.29, 0.717) is 31.0 Å². The van der Waals surface area contributed by atoms with Crippen molar-refractivity contribution in [3.8, 4) is 5.75 Å². The number of carboxylic acid groups (broad SMARTS) is 1. The number of carbonyl (C=O) groups is 2. The molecule has 37 heavy (non-hydrogen) atoms. The second-order valence-electron chi connectivity index (χ2n) is 11.4. The molecule has 1 aromatic heterocycles. The lowest BCUT2D eigenvalue weighted by molar-refractivity contribution is -0.146. The first-order valence-corrected chi connectivity index (χ1v) is 13.8. The third-order valence-electron chi connectivity index (χ3n) is 6.48. The van der Waals surface area contributed by atoms with Gasteiger partial charge in [-0.2, -0.15) is 0 Å². The summed E-state index contributed by atoms with van der Waals surface area (Å²) in [5.41, 5.74) is 2.16. The average molecular weight is 543 g/mol. The van der Waals surface area contributed by atoms with Gasteiger partial charge in [0.15, 0.2) is 0 Å². The Morgan fingerprint density at radius 2 is 1.86 bits per heavy atom. The fourth-order valence-electron chi connectivity index (χ4n) is 4.49. The van der Waals surface area contributed by atoms with Crippen molar-refractivity contribution in [2.75, 3.05) is 6.61 Å². The first-order chi connectivity index (χ1) is 17.3.